The van der Waals surface area contributed by atoms with E-state index in [0.717, 1.165) is 13.2 Å². The lowest BCUT2D eigenvalue weighted by molar-refractivity contribution is -0.137. The van der Waals surface area contributed by atoms with Crippen LogP contribution < -0.4 is 10.1 Å². The molecule has 2 unspecified atom stereocenters. The third-order valence-electron chi connectivity index (χ3n) is 6.70. The van der Waals surface area contributed by atoms with Crippen molar-refractivity contribution in [2.75, 3.05) is 12.4 Å². The molecular weight excluding hydrogens is 503 g/mol. The number of carbonyl (C=O) groups excluding carboxylic acids is 1. The lowest BCUT2D eigenvalue weighted by Crippen LogP contribution is -2.70. The zero-order valence-electron chi connectivity index (χ0n) is 19.9. The molecule has 3 aromatic rings. The second kappa shape index (κ2) is 8.63. The molecule has 2 aromatic heterocycles. The third kappa shape index (κ3) is 4.13. The maximum atomic E-state index is 14.9. The van der Waals surface area contributed by atoms with Crippen LogP contribution in [-0.2, 0) is 11.7 Å². The van der Waals surface area contributed by atoms with Gasteiger partial charge in [-0.15, -0.1) is 10.2 Å². The van der Waals surface area contributed by atoms with Crippen molar-refractivity contribution in [2.24, 2.45) is 5.92 Å². The molecule has 4 heterocycles. The summed E-state index contributed by atoms with van der Waals surface area (Å²) in [6.45, 7) is 3.64. The van der Waals surface area contributed by atoms with Crippen LogP contribution in [-0.4, -0.2) is 44.2 Å². The fourth-order valence-electron chi connectivity index (χ4n) is 5.32. The highest BCUT2D eigenvalue weighted by atomic mass is 19.4. The summed E-state index contributed by atoms with van der Waals surface area (Å²) in [5.41, 5.74) is -3.49. The number of urea groups is 1. The van der Waals surface area contributed by atoms with Crippen molar-refractivity contribution in [2.45, 2.75) is 50.9 Å². The van der Waals surface area contributed by atoms with Crippen LogP contribution in [0.25, 0.3) is 11.4 Å². The average Bonchev–Trinajstić information content (AvgIpc) is 3.26. The molecule has 2 aliphatic rings. The molecule has 196 valence electrons. The van der Waals surface area contributed by atoms with Crippen LogP contribution in [0.2, 0.25) is 0 Å². The zero-order chi connectivity index (χ0) is 26.7. The van der Waals surface area contributed by atoms with E-state index in [1.807, 2.05) is 6.92 Å². The van der Waals surface area contributed by atoms with Crippen LogP contribution in [0.15, 0.2) is 22.7 Å². The Kier molecular flexibility index (Phi) is 5.79. The van der Waals surface area contributed by atoms with Gasteiger partial charge in [0, 0.05) is 24.9 Å². The summed E-state index contributed by atoms with van der Waals surface area (Å²) in [5.74, 6) is -2.64. The van der Waals surface area contributed by atoms with E-state index in [0.29, 0.717) is 31.4 Å². The van der Waals surface area contributed by atoms with Gasteiger partial charge in [0.05, 0.1) is 24.6 Å². The Hall–Kier alpha value is -3.84. The van der Waals surface area contributed by atoms with Gasteiger partial charge >= 0.3 is 12.2 Å². The molecule has 0 saturated carbocycles. The first kappa shape index (κ1) is 24.8. The summed E-state index contributed by atoms with van der Waals surface area (Å²) in [4.78, 5) is 22.1. The minimum atomic E-state index is -4.99. The van der Waals surface area contributed by atoms with E-state index in [4.69, 9.17) is 9.15 Å². The number of nitrogens with zero attached hydrogens (tertiary/aromatic N) is 5. The lowest BCUT2D eigenvalue weighted by atomic mass is 9.64. The molecule has 2 saturated heterocycles. The normalized spacial score (nSPS) is 23.0. The van der Waals surface area contributed by atoms with Gasteiger partial charge in [-0.2, -0.15) is 22.5 Å². The van der Waals surface area contributed by atoms with E-state index in [9.17, 15) is 26.7 Å². The Bertz CT molecular complexity index is 1380. The van der Waals surface area contributed by atoms with E-state index in [-0.39, 0.29) is 23.9 Å². The fourth-order valence-corrected chi connectivity index (χ4v) is 5.32. The van der Waals surface area contributed by atoms with Crippen LogP contribution in [0.1, 0.15) is 43.5 Å². The molecule has 1 aromatic carbocycles. The summed E-state index contributed by atoms with van der Waals surface area (Å²) >= 11 is 0. The Morgan fingerprint density at radius 1 is 1.22 bits per heavy atom. The Morgan fingerprint density at radius 2 is 1.97 bits per heavy atom. The van der Waals surface area contributed by atoms with Gasteiger partial charge in [0.15, 0.2) is 5.82 Å². The second-order valence-corrected chi connectivity index (χ2v) is 9.29. The third-order valence-corrected chi connectivity index (χ3v) is 6.70. The van der Waals surface area contributed by atoms with Gasteiger partial charge in [-0.3, -0.25) is 0 Å². The summed E-state index contributed by atoms with van der Waals surface area (Å²) in [6.07, 6.45) is -2.57. The highest BCUT2D eigenvalue weighted by Crippen LogP contribution is 2.55. The highest BCUT2D eigenvalue weighted by molar-refractivity contribution is 5.92. The summed E-state index contributed by atoms with van der Waals surface area (Å²) in [6, 6.07) is 0.0731. The Morgan fingerprint density at radius 3 is 2.62 bits per heavy atom. The number of halogens is 5. The minimum absolute atomic E-state index is 0.197. The summed E-state index contributed by atoms with van der Waals surface area (Å²) in [5, 5.41) is 10.3. The molecule has 2 amide bonds. The molecule has 0 spiro atoms. The van der Waals surface area contributed by atoms with Crippen molar-refractivity contribution in [3.8, 4) is 17.3 Å². The molecule has 2 fully saturated rings. The number of aryl methyl sites for hydroxylation is 1. The topological polar surface area (TPSA) is 106 Å². The number of hydrogen-bond acceptors (Lipinski definition) is 7. The number of ether oxygens (including phenoxy) is 1. The molecule has 5 rings (SSSR count). The Balaban J connectivity index is 1.52. The first-order valence-electron chi connectivity index (χ1n) is 11.3. The monoisotopic (exact) mass is 524 g/mol. The van der Waals surface area contributed by atoms with Crippen LogP contribution in [0.4, 0.5) is 32.4 Å². The number of rotatable bonds is 4. The molecule has 2 bridgehead atoms. The van der Waals surface area contributed by atoms with Crippen LogP contribution >= 0.6 is 0 Å². The van der Waals surface area contributed by atoms with Crippen molar-refractivity contribution in [1.29, 1.82) is 0 Å². The number of alkyl halides is 3. The van der Waals surface area contributed by atoms with Crippen LogP contribution in [0.3, 0.4) is 0 Å². The Labute approximate surface area is 207 Å². The van der Waals surface area contributed by atoms with Gasteiger partial charge in [0.25, 0.3) is 5.88 Å². The molecule has 1 N–H and O–H groups in total. The van der Waals surface area contributed by atoms with Gasteiger partial charge in [0.1, 0.15) is 11.4 Å². The fraction of sp³-hybridized carbons (Fsp3) is 0.435. The maximum Gasteiger partial charge on any atom is 0.417 e. The van der Waals surface area contributed by atoms with Crippen molar-refractivity contribution in [3.05, 3.63) is 47.3 Å². The predicted octanol–water partition coefficient (Wildman–Crippen LogP) is 5.07. The van der Waals surface area contributed by atoms with E-state index in [1.54, 1.807) is 6.92 Å². The van der Waals surface area contributed by atoms with Crippen molar-refractivity contribution < 1.29 is 35.9 Å². The number of aromatic nitrogens is 4. The smallest absolute Gasteiger partial charge is 0.417 e. The van der Waals surface area contributed by atoms with Gasteiger partial charge in [0.2, 0.25) is 17.6 Å². The number of methoxy groups -OCH3 is 1. The van der Waals surface area contributed by atoms with Crippen LogP contribution in [0, 0.1) is 24.5 Å². The zero-order valence-corrected chi connectivity index (χ0v) is 19.9. The number of carbonyl (C=O) groups is 1. The molecule has 9 nitrogen and oxygen atoms in total. The van der Waals surface area contributed by atoms with Crippen molar-refractivity contribution in [1.82, 2.24) is 25.1 Å². The van der Waals surface area contributed by atoms with Crippen molar-refractivity contribution in [3.63, 3.8) is 0 Å². The van der Waals surface area contributed by atoms with Gasteiger partial charge in [-0.1, -0.05) is 6.92 Å². The number of fused-ring (bicyclic) bond motifs is 2. The number of amides is 2. The standard InChI is InChI=1S/C23H21F5N6O3/c1-10-4-12-8-22(7-10,20-33-32-11(2)37-20)34(12)21(35)30-17-5-13(14(6-15(17)24)23(26,27)28)18-29-9-16(25)19(31-18)36-3/h5-6,9-10,12H,4,7-8H2,1-3H3,(H,30,35)/t10-,12?,22?/m0/s1. The maximum absolute atomic E-state index is 14.9. The number of benzene rings is 1. The van der Waals surface area contributed by atoms with Gasteiger partial charge < -0.3 is 19.4 Å². The van der Waals surface area contributed by atoms with E-state index in [2.05, 4.69) is 25.5 Å². The number of piperidine rings is 1. The molecule has 0 aliphatic carbocycles. The van der Waals surface area contributed by atoms with E-state index >= 15 is 0 Å². The largest absolute Gasteiger partial charge is 0.479 e. The average molecular weight is 524 g/mol. The number of anilines is 1. The second-order valence-electron chi connectivity index (χ2n) is 9.29. The molecule has 37 heavy (non-hydrogen) atoms. The SMILES string of the molecule is COc1nc(-c2cc(NC(=O)N3C4C[C@H](C)CC3(c3nnc(C)o3)C4)c(F)cc2C(F)(F)F)ncc1F. The lowest BCUT2D eigenvalue weighted by Gasteiger charge is -2.61. The highest BCUT2D eigenvalue weighted by Gasteiger charge is 2.62. The van der Waals surface area contributed by atoms with Gasteiger partial charge in [-0.25, -0.2) is 14.2 Å². The van der Waals surface area contributed by atoms with Crippen molar-refractivity contribution >= 4 is 11.7 Å². The number of hydrogen-bond donors (Lipinski definition) is 1. The van der Waals surface area contributed by atoms with Crippen LogP contribution in [0.5, 0.6) is 5.88 Å². The first-order chi connectivity index (χ1) is 17.4. The summed E-state index contributed by atoms with van der Waals surface area (Å²) in [7, 11) is 1.09. The molecule has 0 radical (unpaired) electrons. The van der Waals surface area contributed by atoms with E-state index < -0.39 is 57.9 Å². The minimum Gasteiger partial charge on any atom is -0.479 e. The van der Waals surface area contributed by atoms with E-state index in [1.165, 1.54) is 4.90 Å². The summed E-state index contributed by atoms with van der Waals surface area (Å²) < 4.78 is 80.3. The molecule has 3 atom stereocenters. The predicted molar refractivity (Wildman–Crippen MR) is 117 cm³/mol. The number of nitrogens with one attached hydrogen (secondary N) is 1. The molecule has 14 heteroatoms. The van der Waals surface area contributed by atoms with Gasteiger partial charge in [-0.05, 0) is 30.9 Å². The first-order valence-corrected chi connectivity index (χ1v) is 11.3. The molecular formula is C23H21F5N6O3. The quantitative estimate of drug-likeness (QED) is 0.475. The molecule has 2 aliphatic heterocycles.